The molecule has 1 saturated heterocycles. The predicted molar refractivity (Wildman–Crippen MR) is 78.5 cm³/mol. The zero-order valence-corrected chi connectivity index (χ0v) is 12.6. The molecule has 2 N–H and O–H groups in total. The van der Waals surface area contributed by atoms with Crippen molar-refractivity contribution in [3.63, 3.8) is 0 Å². The van der Waals surface area contributed by atoms with Crippen molar-refractivity contribution in [1.82, 2.24) is 4.90 Å². The smallest absolute Gasteiger partial charge is 0.0224 e. The molecule has 2 fully saturated rings. The Morgan fingerprint density at radius 1 is 1.17 bits per heavy atom. The van der Waals surface area contributed by atoms with E-state index in [0.717, 1.165) is 30.3 Å². The van der Waals surface area contributed by atoms with E-state index in [-0.39, 0.29) is 0 Å². The Morgan fingerprint density at radius 2 is 1.89 bits per heavy atom. The van der Waals surface area contributed by atoms with E-state index in [0.29, 0.717) is 6.04 Å². The van der Waals surface area contributed by atoms with Crippen LogP contribution >= 0.6 is 0 Å². The summed E-state index contributed by atoms with van der Waals surface area (Å²) in [7, 11) is 0. The standard InChI is InChI=1S/C16H32N2/c1-12(2)15-6-4-5-7-16(15)18-9-8-13(3)10-14(18)11-17/h12-16H,4-11,17H2,1-3H3. The van der Waals surface area contributed by atoms with Crippen molar-refractivity contribution in [2.75, 3.05) is 13.1 Å². The highest BCUT2D eigenvalue weighted by Gasteiger charge is 2.37. The first-order valence-corrected chi connectivity index (χ1v) is 8.09. The van der Waals surface area contributed by atoms with Crippen molar-refractivity contribution in [3.8, 4) is 0 Å². The van der Waals surface area contributed by atoms with E-state index in [2.05, 4.69) is 25.7 Å². The summed E-state index contributed by atoms with van der Waals surface area (Å²) in [6.45, 7) is 9.35. The van der Waals surface area contributed by atoms with Crippen LogP contribution in [-0.4, -0.2) is 30.1 Å². The molecule has 4 unspecified atom stereocenters. The van der Waals surface area contributed by atoms with Gasteiger partial charge in [0, 0.05) is 18.6 Å². The van der Waals surface area contributed by atoms with E-state index in [1.807, 2.05) is 0 Å². The van der Waals surface area contributed by atoms with E-state index in [4.69, 9.17) is 5.73 Å². The van der Waals surface area contributed by atoms with Crippen LogP contribution in [0.25, 0.3) is 0 Å². The maximum atomic E-state index is 6.04. The Hall–Kier alpha value is -0.0800. The van der Waals surface area contributed by atoms with Crippen LogP contribution in [0.2, 0.25) is 0 Å². The fourth-order valence-electron chi connectivity index (χ4n) is 4.27. The summed E-state index contributed by atoms with van der Waals surface area (Å²) in [5, 5.41) is 0. The van der Waals surface area contributed by atoms with Crippen LogP contribution in [0.3, 0.4) is 0 Å². The number of nitrogens with zero attached hydrogens (tertiary/aromatic N) is 1. The second-order valence-electron chi connectivity index (χ2n) is 7.02. The zero-order chi connectivity index (χ0) is 13.1. The molecular weight excluding hydrogens is 220 g/mol. The largest absolute Gasteiger partial charge is 0.329 e. The minimum atomic E-state index is 0.651. The van der Waals surface area contributed by atoms with Crippen LogP contribution in [0.4, 0.5) is 0 Å². The topological polar surface area (TPSA) is 29.3 Å². The molecule has 2 nitrogen and oxygen atoms in total. The molecule has 1 heterocycles. The van der Waals surface area contributed by atoms with Gasteiger partial charge in [0.25, 0.3) is 0 Å². The van der Waals surface area contributed by atoms with Crippen molar-refractivity contribution < 1.29 is 0 Å². The maximum absolute atomic E-state index is 6.04. The molecule has 0 aromatic carbocycles. The van der Waals surface area contributed by atoms with Gasteiger partial charge in [0.15, 0.2) is 0 Å². The van der Waals surface area contributed by atoms with Crippen LogP contribution < -0.4 is 5.73 Å². The number of hydrogen-bond acceptors (Lipinski definition) is 2. The first-order valence-electron chi connectivity index (χ1n) is 8.09. The lowest BCUT2D eigenvalue weighted by Crippen LogP contribution is -2.54. The molecule has 18 heavy (non-hydrogen) atoms. The quantitative estimate of drug-likeness (QED) is 0.835. The van der Waals surface area contributed by atoms with Gasteiger partial charge in [-0.05, 0) is 50.0 Å². The minimum absolute atomic E-state index is 0.651. The van der Waals surface area contributed by atoms with E-state index >= 15 is 0 Å². The van der Waals surface area contributed by atoms with Crippen molar-refractivity contribution >= 4 is 0 Å². The van der Waals surface area contributed by atoms with Gasteiger partial charge < -0.3 is 5.73 Å². The van der Waals surface area contributed by atoms with E-state index < -0.39 is 0 Å². The third kappa shape index (κ3) is 3.08. The molecule has 106 valence electrons. The number of hydrogen-bond donors (Lipinski definition) is 1. The normalized spacial score (nSPS) is 39.2. The van der Waals surface area contributed by atoms with Crippen LogP contribution in [0.15, 0.2) is 0 Å². The third-order valence-electron chi connectivity index (χ3n) is 5.36. The summed E-state index contributed by atoms with van der Waals surface area (Å²) in [4.78, 5) is 2.80. The van der Waals surface area contributed by atoms with Gasteiger partial charge >= 0.3 is 0 Å². The van der Waals surface area contributed by atoms with Crippen molar-refractivity contribution in [1.29, 1.82) is 0 Å². The molecule has 4 atom stereocenters. The van der Waals surface area contributed by atoms with E-state index in [9.17, 15) is 0 Å². The number of nitrogens with two attached hydrogens (primary N) is 1. The Balaban J connectivity index is 2.06. The monoisotopic (exact) mass is 252 g/mol. The van der Waals surface area contributed by atoms with Crippen LogP contribution in [0, 0.1) is 17.8 Å². The molecule has 0 aromatic heterocycles. The Labute approximate surface area is 113 Å². The summed E-state index contributed by atoms with van der Waals surface area (Å²) < 4.78 is 0. The van der Waals surface area contributed by atoms with Gasteiger partial charge in [-0.15, -0.1) is 0 Å². The predicted octanol–water partition coefficient (Wildman–Crippen LogP) is 3.26. The lowest BCUT2D eigenvalue weighted by molar-refractivity contribution is 0.0137. The summed E-state index contributed by atoms with van der Waals surface area (Å²) in [5.41, 5.74) is 6.04. The Morgan fingerprint density at radius 3 is 2.56 bits per heavy atom. The molecule has 0 bridgehead atoms. The Kier molecular flexibility index (Phi) is 5.08. The van der Waals surface area contributed by atoms with Crippen molar-refractivity contribution in [2.24, 2.45) is 23.5 Å². The molecule has 1 aliphatic heterocycles. The highest BCUT2D eigenvalue weighted by atomic mass is 15.2. The summed E-state index contributed by atoms with van der Waals surface area (Å²) >= 11 is 0. The molecule has 0 aromatic rings. The van der Waals surface area contributed by atoms with Crippen molar-refractivity contribution in [3.05, 3.63) is 0 Å². The van der Waals surface area contributed by atoms with E-state index in [1.54, 1.807) is 0 Å². The number of piperidine rings is 1. The third-order valence-corrected chi connectivity index (χ3v) is 5.36. The van der Waals surface area contributed by atoms with E-state index in [1.165, 1.54) is 45.1 Å². The lowest BCUT2D eigenvalue weighted by Gasteiger charge is -2.48. The average Bonchev–Trinajstić information content (AvgIpc) is 2.38. The number of rotatable bonds is 3. The fourth-order valence-corrected chi connectivity index (χ4v) is 4.27. The van der Waals surface area contributed by atoms with Gasteiger partial charge in [-0.25, -0.2) is 0 Å². The van der Waals surface area contributed by atoms with Crippen LogP contribution in [0.5, 0.6) is 0 Å². The molecule has 1 aliphatic carbocycles. The van der Waals surface area contributed by atoms with Gasteiger partial charge in [0.2, 0.25) is 0 Å². The molecule has 2 rings (SSSR count). The van der Waals surface area contributed by atoms with Crippen LogP contribution in [0.1, 0.15) is 59.3 Å². The average molecular weight is 252 g/mol. The molecular formula is C16H32N2. The van der Waals surface area contributed by atoms with Gasteiger partial charge in [0.05, 0.1) is 0 Å². The molecule has 1 saturated carbocycles. The minimum Gasteiger partial charge on any atom is -0.329 e. The summed E-state index contributed by atoms with van der Waals surface area (Å²) in [6.07, 6.45) is 8.41. The zero-order valence-electron chi connectivity index (χ0n) is 12.6. The summed E-state index contributed by atoms with van der Waals surface area (Å²) in [6, 6.07) is 1.47. The first kappa shape index (κ1) is 14.3. The Bertz CT molecular complexity index is 251. The van der Waals surface area contributed by atoms with Gasteiger partial charge in [0.1, 0.15) is 0 Å². The second-order valence-corrected chi connectivity index (χ2v) is 7.02. The molecule has 0 radical (unpaired) electrons. The maximum Gasteiger partial charge on any atom is 0.0224 e. The first-order chi connectivity index (χ1) is 8.63. The number of likely N-dealkylation sites (tertiary alicyclic amines) is 1. The SMILES string of the molecule is CC1CCN(C2CCCCC2C(C)C)C(CN)C1. The fraction of sp³-hybridized carbons (Fsp3) is 1.00. The molecule has 0 amide bonds. The van der Waals surface area contributed by atoms with Crippen molar-refractivity contribution in [2.45, 2.75) is 71.4 Å². The highest BCUT2D eigenvalue weighted by Crippen LogP contribution is 2.37. The lowest BCUT2D eigenvalue weighted by atomic mass is 9.75. The summed E-state index contributed by atoms with van der Waals surface area (Å²) in [5.74, 6) is 2.60. The second kappa shape index (κ2) is 6.38. The highest BCUT2D eigenvalue weighted by molar-refractivity contribution is 4.91. The molecule has 2 aliphatic rings. The van der Waals surface area contributed by atoms with Gasteiger partial charge in [-0.2, -0.15) is 0 Å². The van der Waals surface area contributed by atoms with Crippen LogP contribution in [-0.2, 0) is 0 Å². The molecule has 0 spiro atoms. The van der Waals surface area contributed by atoms with Gasteiger partial charge in [-0.3, -0.25) is 4.90 Å². The molecule has 2 heteroatoms. The van der Waals surface area contributed by atoms with Gasteiger partial charge in [-0.1, -0.05) is 33.6 Å².